The van der Waals surface area contributed by atoms with E-state index >= 15 is 0 Å². The fourth-order valence-electron chi connectivity index (χ4n) is 2.29. The molecule has 1 aliphatic rings. The summed E-state index contributed by atoms with van der Waals surface area (Å²) in [5.41, 5.74) is 0.452. The first-order valence-corrected chi connectivity index (χ1v) is 6.68. The summed E-state index contributed by atoms with van der Waals surface area (Å²) in [7, 11) is 1.69. The van der Waals surface area contributed by atoms with Crippen LogP contribution in [0.2, 0.25) is 0 Å². The Morgan fingerprint density at radius 2 is 2.40 bits per heavy atom. The van der Waals surface area contributed by atoms with Gasteiger partial charge in [0.05, 0.1) is 12.5 Å². The Bertz CT molecular complexity index is 480. The molecular formula is C13H19N3O4. The molecule has 0 aromatic carbocycles. The molecule has 1 aromatic heterocycles. The molecule has 0 aliphatic carbocycles. The highest BCUT2D eigenvalue weighted by Crippen LogP contribution is 2.15. The zero-order chi connectivity index (χ0) is 14.5. The molecule has 0 saturated carbocycles. The van der Waals surface area contributed by atoms with Crippen molar-refractivity contribution in [2.75, 3.05) is 19.7 Å². The fourth-order valence-corrected chi connectivity index (χ4v) is 2.29. The topological polar surface area (TPSA) is 84.7 Å². The number of ether oxygens (including phenoxy) is 1. The molecule has 1 aromatic rings. The molecular weight excluding hydrogens is 262 g/mol. The third-order valence-electron chi connectivity index (χ3n) is 3.37. The largest absolute Gasteiger partial charge is 0.481 e. The van der Waals surface area contributed by atoms with Gasteiger partial charge >= 0.3 is 5.97 Å². The minimum atomic E-state index is -0.917. The number of hydrogen-bond donors (Lipinski definition) is 1. The van der Waals surface area contributed by atoms with Gasteiger partial charge in [-0.3, -0.25) is 14.3 Å². The van der Waals surface area contributed by atoms with Gasteiger partial charge in [-0.05, 0) is 18.9 Å². The second-order valence-corrected chi connectivity index (χ2v) is 4.87. The van der Waals surface area contributed by atoms with Crippen LogP contribution >= 0.6 is 0 Å². The number of nitrogens with zero attached hydrogens (tertiary/aromatic N) is 3. The van der Waals surface area contributed by atoms with E-state index in [0.717, 1.165) is 12.8 Å². The van der Waals surface area contributed by atoms with E-state index in [1.54, 1.807) is 24.2 Å². The van der Waals surface area contributed by atoms with Crippen LogP contribution in [-0.4, -0.2) is 57.5 Å². The monoisotopic (exact) mass is 281 g/mol. The van der Waals surface area contributed by atoms with Crippen LogP contribution in [0.15, 0.2) is 12.3 Å². The van der Waals surface area contributed by atoms with Crippen LogP contribution in [0.4, 0.5) is 0 Å². The Labute approximate surface area is 117 Å². The van der Waals surface area contributed by atoms with E-state index in [4.69, 9.17) is 9.84 Å². The molecule has 1 unspecified atom stereocenters. The average Bonchev–Trinajstić information content (AvgIpc) is 3.04. The van der Waals surface area contributed by atoms with Crippen LogP contribution in [0.1, 0.15) is 29.8 Å². The first-order chi connectivity index (χ1) is 9.58. The molecule has 1 N–H and O–H groups in total. The van der Waals surface area contributed by atoms with E-state index in [0.29, 0.717) is 18.8 Å². The summed E-state index contributed by atoms with van der Waals surface area (Å²) in [5.74, 6) is -1.12. The van der Waals surface area contributed by atoms with Crippen molar-refractivity contribution in [2.24, 2.45) is 7.05 Å². The van der Waals surface area contributed by atoms with Gasteiger partial charge in [-0.1, -0.05) is 0 Å². The lowest BCUT2D eigenvalue weighted by Crippen LogP contribution is -2.39. The number of aliphatic carboxylic acids is 1. The van der Waals surface area contributed by atoms with Gasteiger partial charge in [0, 0.05) is 32.9 Å². The predicted octanol–water partition coefficient (Wildman–Crippen LogP) is 0.516. The molecule has 2 heterocycles. The average molecular weight is 281 g/mol. The number of carbonyl (C=O) groups excluding carboxylic acids is 1. The lowest BCUT2D eigenvalue weighted by Gasteiger charge is -2.24. The molecule has 20 heavy (non-hydrogen) atoms. The van der Waals surface area contributed by atoms with E-state index in [2.05, 4.69) is 5.10 Å². The van der Waals surface area contributed by atoms with E-state index in [9.17, 15) is 9.59 Å². The van der Waals surface area contributed by atoms with Crippen LogP contribution in [0, 0.1) is 0 Å². The predicted molar refractivity (Wildman–Crippen MR) is 70.3 cm³/mol. The number of rotatable bonds is 6. The molecule has 2 rings (SSSR count). The Hall–Kier alpha value is -1.89. The molecule has 0 bridgehead atoms. The molecule has 0 spiro atoms. The Kier molecular flexibility index (Phi) is 4.73. The number of hydrogen-bond acceptors (Lipinski definition) is 4. The summed E-state index contributed by atoms with van der Waals surface area (Å²) in [6, 6.07) is 1.63. The van der Waals surface area contributed by atoms with Gasteiger partial charge in [0.15, 0.2) is 0 Å². The number of carboxylic acid groups (broad SMARTS) is 1. The third-order valence-corrected chi connectivity index (χ3v) is 3.37. The second-order valence-electron chi connectivity index (χ2n) is 4.87. The SMILES string of the molecule is Cn1nccc1C(=O)N(CCC(=O)O)CC1CCCO1. The number of carboxylic acids is 1. The van der Waals surface area contributed by atoms with Crippen molar-refractivity contribution in [1.82, 2.24) is 14.7 Å². The molecule has 110 valence electrons. The Balaban J connectivity index is 2.05. The zero-order valence-corrected chi connectivity index (χ0v) is 11.5. The smallest absolute Gasteiger partial charge is 0.305 e. The van der Waals surface area contributed by atoms with Gasteiger partial charge in [-0.25, -0.2) is 0 Å². The highest BCUT2D eigenvalue weighted by atomic mass is 16.5. The normalized spacial score (nSPS) is 18.1. The minimum Gasteiger partial charge on any atom is -0.481 e. The summed E-state index contributed by atoms with van der Waals surface area (Å²) < 4.78 is 7.02. The third kappa shape index (κ3) is 3.57. The highest BCUT2D eigenvalue weighted by Gasteiger charge is 2.25. The van der Waals surface area contributed by atoms with Crippen LogP contribution in [-0.2, 0) is 16.6 Å². The maximum Gasteiger partial charge on any atom is 0.305 e. The van der Waals surface area contributed by atoms with E-state index in [1.807, 2.05) is 0 Å². The first kappa shape index (κ1) is 14.5. The van der Waals surface area contributed by atoms with Crippen LogP contribution < -0.4 is 0 Å². The molecule has 0 radical (unpaired) electrons. The van der Waals surface area contributed by atoms with Gasteiger partial charge in [-0.2, -0.15) is 5.10 Å². The molecule has 1 aliphatic heterocycles. The highest BCUT2D eigenvalue weighted by molar-refractivity contribution is 5.92. The first-order valence-electron chi connectivity index (χ1n) is 6.68. The molecule has 1 saturated heterocycles. The fraction of sp³-hybridized carbons (Fsp3) is 0.615. The van der Waals surface area contributed by atoms with Crippen molar-refractivity contribution in [2.45, 2.75) is 25.4 Å². The van der Waals surface area contributed by atoms with Crippen LogP contribution in [0.25, 0.3) is 0 Å². The van der Waals surface area contributed by atoms with Crippen molar-refractivity contribution in [3.63, 3.8) is 0 Å². The maximum atomic E-state index is 12.4. The molecule has 1 atom stereocenters. The lowest BCUT2D eigenvalue weighted by molar-refractivity contribution is -0.137. The van der Waals surface area contributed by atoms with Crippen molar-refractivity contribution in [3.05, 3.63) is 18.0 Å². The van der Waals surface area contributed by atoms with E-state index in [1.165, 1.54) is 4.68 Å². The number of aryl methyl sites for hydroxylation is 1. The number of amides is 1. The van der Waals surface area contributed by atoms with Gasteiger partial charge < -0.3 is 14.7 Å². The van der Waals surface area contributed by atoms with Gasteiger partial charge in [0.1, 0.15) is 5.69 Å². The summed E-state index contributed by atoms with van der Waals surface area (Å²) in [5, 5.41) is 12.8. The Morgan fingerprint density at radius 3 is 2.95 bits per heavy atom. The number of aromatic nitrogens is 2. The van der Waals surface area contributed by atoms with Crippen molar-refractivity contribution in [3.8, 4) is 0 Å². The van der Waals surface area contributed by atoms with E-state index in [-0.39, 0.29) is 25.0 Å². The second kappa shape index (κ2) is 6.51. The van der Waals surface area contributed by atoms with Gasteiger partial charge in [0.2, 0.25) is 0 Å². The van der Waals surface area contributed by atoms with Crippen molar-refractivity contribution in [1.29, 1.82) is 0 Å². The van der Waals surface area contributed by atoms with Crippen LogP contribution in [0.5, 0.6) is 0 Å². The van der Waals surface area contributed by atoms with Crippen molar-refractivity contribution < 1.29 is 19.4 Å². The van der Waals surface area contributed by atoms with Gasteiger partial charge in [-0.15, -0.1) is 0 Å². The van der Waals surface area contributed by atoms with E-state index < -0.39 is 5.97 Å². The molecule has 1 fully saturated rings. The maximum absolute atomic E-state index is 12.4. The van der Waals surface area contributed by atoms with Gasteiger partial charge in [0.25, 0.3) is 5.91 Å². The minimum absolute atomic E-state index is 0.000900. The Morgan fingerprint density at radius 1 is 1.60 bits per heavy atom. The zero-order valence-electron chi connectivity index (χ0n) is 11.5. The summed E-state index contributed by atoms with van der Waals surface area (Å²) in [6.45, 7) is 1.31. The lowest BCUT2D eigenvalue weighted by atomic mass is 10.2. The molecule has 1 amide bonds. The number of carbonyl (C=O) groups is 2. The molecule has 7 heteroatoms. The van der Waals surface area contributed by atoms with Crippen molar-refractivity contribution >= 4 is 11.9 Å². The van der Waals surface area contributed by atoms with Crippen LogP contribution in [0.3, 0.4) is 0 Å². The standard InChI is InChI=1S/C13H19N3O4/c1-15-11(4-6-14-15)13(19)16(7-5-12(17)18)9-10-3-2-8-20-10/h4,6,10H,2-3,5,7-9H2,1H3,(H,17,18). The summed E-state index contributed by atoms with van der Waals surface area (Å²) >= 11 is 0. The molecule has 7 nitrogen and oxygen atoms in total. The summed E-state index contributed by atoms with van der Waals surface area (Å²) in [4.78, 5) is 24.7. The quantitative estimate of drug-likeness (QED) is 0.821. The summed E-state index contributed by atoms with van der Waals surface area (Å²) in [6.07, 6.45) is 3.37.